The minimum atomic E-state index is -3.23. The maximum Gasteiger partial charge on any atom is 0.345 e. The van der Waals surface area contributed by atoms with Crippen molar-refractivity contribution in [1.82, 2.24) is 15.5 Å². The molecule has 2 fully saturated rings. The lowest BCUT2D eigenvalue weighted by Gasteiger charge is -2.28. The molecule has 1 saturated heterocycles. The summed E-state index contributed by atoms with van der Waals surface area (Å²) in [7, 11) is 0. The number of nitrogens with zero attached hydrogens (tertiary/aromatic N) is 1. The lowest BCUT2D eigenvalue weighted by atomic mass is 9.89. The van der Waals surface area contributed by atoms with Crippen LogP contribution in [0.3, 0.4) is 0 Å². The highest BCUT2D eigenvalue weighted by Crippen LogP contribution is 2.47. The topological polar surface area (TPSA) is 140 Å². The van der Waals surface area contributed by atoms with Crippen LogP contribution in [0.5, 0.6) is 0 Å². The molecule has 1 saturated carbocycles. The minimum absolute atomic E-state index is 0.0173. The largest absolute Gasteiger partial charge is 0.379 e. The molecule has 0 bridgehead atoms. The van der Waals surface area contributed by atoms with Gasteiger partial charge in [-0.15, -0.1) is 0 Å². The fourth-order valence-electron chi connectivity index (χ4n) is 5.44. The number of amides is 2. The summed E-state index contributed by atoms with van der Waals surface area (Å²) in [5.41, 5.74) is -0.571. The SMILES string of the molecule is CC(C)C[C@H](NC(=O)[C@H](COC(F)F)CC(=O)CN1CCOCC1)C(=O)C[C@@H](COC(F)F)C(=O)N[C@@H](CC(C)C)C(=O)C1(C)CC1. The molecule has 15 heteroatoms. The van der Waals surface area contributed by atoms with Crippen LogP contribution in [0.1, 0.15) is 73.1 Å². The second kappa shape index (κ2) is 19.5. The van der Waals surface area contributed by atoms with Gasteiger partial charge in [0.15, 0.2) is 11.6 Å². The van der Waals surface area contributed by atoms with Crippen LogP contribution in [0, 0.1) is 29.1 Å². The smallest absolute Gasteiger partial charge is 0.345 e. The summed E-state index contributed by atoms with van der Waals surface area (Å²) >= 11 is 0. The summed E-state index contributed by atoms with van der Waals surface area (Å²) in [4.78, 5) is 68.0. The fourth-order valence-corrected chi connectivity index (χ4v) is 5.44. The number of ketones is 3. The Morgan fingerprint density at radius 2 is 1.23 bits per heavy atom. The fraction of sp³-hybridized carbons (Fsp3) is 0.844. The number of hydrogen-bond acceptors (Lipinski definition) is 9. The van der Waals surface area contributed by atoms with Crippen LogP contribution in [0.15, 0.2) is 0 Å². The van der Waals surface area contributed by atoms with Crippen molar-refractivity contribution < 1.29 is 55.7 Å². The highest BCUT2D eigenvalue weighted by atomic mass is 19.3. The molecule has 2 N–H and O–H groups in total. The molecule has 47 heavy (non-hydrogen) atoms. The van der Waals surface area contributed by atoms with Crippen molar-refractivity contribution in [1.29, 1.82) is 0 Å². The second-order valence-corrected chi connectivity index (χ2v) is 13.7. The van der Waals surface area contributed by atoms with Gasteiger partial charge in [-0.1, -0.05) is 34.6 Å². The van der Waals surface area contributed by atoms with Gasteiger partial charge in [0.2, 0.25) is 11.8 Å². The molecule has 0 aromatic heterocycles. The van der Waals surface area contributed by atoms with E-state index in [4.69, 9.17) is 4.74 Å². The third-order valence-electron chi connectivity index (χ3n) is 8.36. The number of rotatable bonds is 23. The van der Waals surface area contributed by atoms with E-state index < -0.39 is 86.2 Å². The van der Waals surface area contributed by atoms with Crippen LogP contribution < -0.4 is 10.6 Å². The zero-order valence-electron chi connectivity index (χ0n) is 28.0. The average Bonchev–Trinajstić information content (AvgIpc) is 3.74. The van der Waals surface area contributed by atoms with Crippen molar-refractivity contribution in [3.63, 3.8) is 0 Å². The van der Waals surface area contributed by atoms with Gasteiger partial charge in [0, 0.05) is 31.3 Å². The van der Waals surface area contributed by atoms with E-state index in [0.29, 0.717) is 45.6 Å². The van der Waals surface area contributed by atoms with Gasteiger partial charge in [0.1, 0.15) is 5.78 Å². The molecule has 1 aliphatic carbocycles. The maximum atomic E-state index is 13.6. The first-order valence-electron chi connectivity index (χ1n) is 16.3. The van der Waals surface area contributed by atoms with E-state index >= 15 is 0 Å². The number of alkyl halides is 4. The number of carbonyl (C=O) groups excluding carboxylic acids is 5. The number of morpholine rings is 1. The minimum Gasteiger partial charge on any atom is -0.379 e. The van der Waals surface area contributed by atoms with E-state index in [9.17, 15) is 41.5 Å². The summed E-state index contributed by atoms with van der Waals surface area (Å²) in [6.07, 6.45) is 0.706. The highest BCUT2D eigenvalue weighted by molar-refractivity contribution is 5.97. The van der Waals surface area contributed by atoms with Gasteiger partial charge in [0.05, 0.1) is 56.9 Å². The standard InChI is InChI=1S/C32H51F4N3O8/c1-19(2)12-24(37-28(43)21(17-46-30(33)34)14-23(40)16-39-8-10-45-11-9-39)26(41)15-22(18-47-31(35)36)29(44)38-25(13-20(3)4)27(42)32(5)6-7-32/h19-22,24-25,30-31H,6-18H2,1-5H3,(H,37,43)(H,38,44)/t21-,22-,24-,25-/m0/s1. The van der Waals surface area contributed by atoms with E-state index in [1.165, 1.54) is 0 Å². The van der Waals surface area contributed by atoms with Crippen LogP contribution in [-0.4, -0.2) is 105 Å². The summed E-state index contributed by atoms with van der Waals surface area (Å²) in [6, 6.07) is -2.11. The molecule has 2 aliphatic rings. The van der Waals surface area contributed by atoms with Crippen molar-refractivity contribution in [3.05, 3.63) is 0 Å². The van der Waals surface area contributed by atoms with Gasteiger partial charge in [-0.2, -0.15) is 17.6 Å². The Morgan fingerprint density at radius 3 is 1.70 bits per heavy atom. The monoisotopic (exact) mass is 681 g/mol. The van der Waals surface area contributed by atoms with Crippen LogP contribution in [0.25, 0.3) is 0 Å². The first-order chi connectivity index (χ1) is 22.0. The van der Waals surface area contributed by atoms with Gasteiger partial charge >= 0.3 is 13.2 Å². The van der Waals surface area contributed by atoms with E-state index in [1.54, 1.807) is 20.8 Å². The van der Waals surface area contributed by atoms with Crippen molar-refractivity contribution in [2.45, 2.75) is 98.5 Å². The summed E-state index contributed by atoms with van der Waals surface area (Å²) in [6.45, 7) is 2.88. The number of ether oxygens (including phenoxy) is 3. The third-order valence-corrected chi connectivity index (χ3v) is 8.36. The summed E-state index contributed by atoms with van der Waals surface area (Å²) in [5, 5.41) is 5.18. The van der Waals surface area contributed by atoms with Crippen molar-refractivity contribution >= 4 is 29.2 Å². The number of hydrogen-bond donors (Lipinski definition) is 2. The summed E-state index contributed by atoms with van der Waals surface area (Å²) in [5.74, 6) is -5.80. The zero-order valence-corrected chi connectivity index (χ0v) is 28.0. The van der Waals surface area contributed by atoms with Gasteiger partial charge in [-0.25, -0.2) is 0 Å². The van der Waals surface area contributed by atoms with Crippen LogP contribution in [0.4, 0.5) is 17.6 Å². The van der Waals surface area contributed by atoms with Gasteiger partial charge in [-0.05, 0) is 37.5 Å². The molecule has 0 unspecified atom stereocenters. The van der Waals surface area contributed by atoms with Gasteiger partial charge in [0.25, 0.3) is 0 Å². The van der Waals surface area contributed by atoms with Crippen LogP contribution >= 0.6 is 0 Å². The molecule has 11 nitrogen and oxygen atoms in total. The molecule has 0 aromatic rings. The molecule has 2 amide bonds. The average molecular weight is 682 g/mol. The molecule has 4 atom stereocenters. The molecule has 0 spiro atoms. The Labute approximate surface area is 274 Å². The van der Waals surface area contributed by atoms with Gasteiger partial charge in [-0.3, -0.25) is 28.9 Å². The van der Waals surface area contributed by atoms with E-state index in [1.807, 2.05) is 18.7 Å². The number of carbonyl (C=O) groups is 5. The van der Waals surface area contributed by atoms with Gasteiger partial charge < -0.3 is 24.8 Å². The number of nitrogens with one attached hydrogen (secondary N) is 2. The Balaban J connectivity index is 2.19. The molecule has 0 radical (unpaired) electrons. The lowest BCUT2D eigenvalue weighted by molar-refractivity contribution is -0.154. The van der Waals surface area contributed by atoms with E-state index in [-0.39, 0.29) is 36.4 Å². The second-order valence-electron chi connectivity index (χ2n) is 13.7. The molecular weight excluding hydrogens is 630 g/mol. The van der Waals surface area contributed by atoms with E-state index in [0.717, 1.165) is 0 Å². The molecule has 0 aromatic carbocycles. The lowest BCUT2D eigenvalue weighted by Crippen LogP contribution is -2.50. The van der Waals surface area contributed by atoms with E-state index in [2.05, 4.69) is 20.1 Å². The molecule has 1 heterocycles. The molecule has 2 rings (SSSR count). The molecule has 270 valence electrons. The van der Waals surface area contributed by atoms with Crippen molar-refractivity contribution in [2.24, 2.45) is 29.1 Å². The Hall–Kier alpha value is -2.49. The Morgan fingerprint density at radius 1 is 0.766 bits per heavy atom. The first kappa shape index (κ1) is 40.7. The van der Waals surface area contributed by atoms with Crippen molar-refractivity contribution in [3.8, 4) is 0 Å². The van der Waals surface area contributed by atoms with Crippen LogP contribution in [-0.2, 0) is 38.2 Å². The Kier molecular flexibility index (Phi) is 16.9. The first-order valence-corrected chi connectivity index (χ1v) is 16.3. The summed E-state index contributed by atoms with van der Waals surface area (Å²) < 4.78 is 66.0. The normalized spacial score (nSPS) is 19.0. The third kappa shape index (κ3) is 15.1. The molecular formula is C32H51F4N3O8. The zero-order chi connectivity index (χ0) is 35.3. The quantitative estimate of drug-likeness (QED) is 0.155. The Bertz CT molecular complexity index is 1050. The van der Waals surface area contributed by atoms with Crippen molar-refractivity contribution in [2.75, 3.05) is 46.1 Å². The van der Waals surface area contributed by atoms with Crippen LogP contribution in [0.2, 0.25) is 0 Å². The predicted octanol–water partition coefficient (Wildman–Crippen LogP) is 3.38. The maximum absolute atomic E-state index is 13.6. The molecule has 1 aliphatic heterocycles. The predicted molar refractivity (Wildman–Crippen MR) is 163 cm³/mol. The highest BCUT2D eigenvalue weighted by Gasteiger charge is 2.48. The number of halogens is 4. The number of Topliss-reactive ketones (excluding diaryl/α,β-unsaturated/α-hetero) is 3.